The molecular weight excluding hydrogens is 346 g/mol. The third kappa shape index (κ3) is 3.07. The quantitative estimate of drug-likeness (QED) is 0.575. The molecule has 0 aliphatic heterocycles. The van der Waals surface area contributed by atoms with E-state index in [1.807, 2.05) is 71.4 Å². The van der Waals surface area contributed by atoms with Crippen LogP contribution in [0.25, 0.3) is 16.2 Å². The van der Waals surface area contributed by atoms with E-state index >= 15 is 0 Å². The standard InChI is InChI=1S/C20H17N3O2S/c1-13-5-3-7-15(9-13)21-19(24)18-12-26-20-22-17(11-23(18)20)14-6-4-8-16(10-14)25-2/h3-12H,1-2H3,(H,21,24). The summed E-state index contributed by atoms with van der Waals surface area (Å²) in [4.78, 5) is 18.1. The predicted molar refractivity (Wildman–Crippen MR) is 104 cm³/mol. The van der Waals surface area contributed by atoms with Crippen LogP contribution in [0.4, 0.5) is 5.69 Å². The number of amides is 1. The van der Waals surface area contributed by atoms with Crippen molar-refractivity contribution in [2.24, 2.45) is 0 Å². The molecule has 6 heteroatoms. The Bertz CT molecular complexity index is 1100. The van der Waals surface area contributed by atoms with Gasteiger partial charge in [0.1, 0.15) is 11.4 Å². The summed E-state index contributed by atoms with van der Waals surface area (Å²) in [5, 5.41) is 4.77. The van der Waals surface area contributed by atoms with Gasteiger partial charge < -0.3 is 10.1 Å². The number of thiazole rings is 1. The van der Waals surface area contributed by atoms with Crippen LogP contribution in [0.3, 0.4) is 0 Å². The number of hydrogen-bond acceptors (Lipinski definition) is 4. The van der Waals surface area contributed by atoms with E-state index in [4.69, 9.17) is 4.74 Å². The number of aryl methyl sites for hydroxylation is 1. The molecule has 4 aromatic rings. The first-order chi connectivity index (χ1) is 12.6. The lowest BCUT2D eigenvalue weighted by Crippen LogP contribution is -2.13. The molecule has 2 aromatic heterocycles. The second-order valence-electron chi connectivity index (χ2n) is 5.96. The van der Waals surface area contributed by atoms with Gasteiger partial charge in [0, 0.05) is 22.8 Å². The van der Waals surface area contributed by atoms with E-state index in [-0.39, 0.29) is 5.91 Å². The molecule has 0 atom stereocenters. The average molecular weight is 363 g/mol. The van der Waals surface area contributed by atoms with Crippen molar-refractivity contribution in [3.8, 4) is 17.0 Å². The van der Waals surface area contributed by atoms with E-state index in [0.717, 1.165) is 33.2 Å². The Labute approximate surface area is 154 Å². The minimum atomic E-state index is -0.156. The van der Waals surface area contributed by atoms with Gasteiger partial charge >= 0.3 is 0 Å². The molecule has 0 unspecified atom stereocenters. The van der Waals surface area contributed by atoms with Crippen LogP contribution >= 0.6 is 11.3 Å². The molecule has 2 heterocycles. The molecule has 0 radical (unpaired) electrons. The van der Waals surface area contributed by atoms with Gasteiger partial charge in [-0.05, 0) is 36.8 Å². The number of ether oxygens (including phenoxy) is 1. The summed E-state index contributed by atoms with van der Waals surface area (Å²) in [5.41, 5.74) is 4.20. The molecule has 2 aromatic carbocycles. The van der Waals surface area contributed by atoms with Gasteiger partial charge in [-0.15, -0.1) is 11.3 Å². The zero-order valence-corrected chi connectivity index (χ0v) is 15.2. The summed E-state index contributed by atoms with van der Waals surface area (Å²) in [6.45, 7) is 1.99. The van der Waals surface area contributed by atoms with Crippen LogP contribution in [-0.4, -0.2) is 22.4 Å². The maximum atomic E-state index is 12.7. The second kappa shape index (κ2) is 6.65. The number of rotatable bonds is 4. The predicted octanol–water partition coefficient (Wildman–Crippen LogP) is 4.63. The molecule has 0 fully saturated rings. The number of nitrogens with zero attached hydrogens (tertiary/aromatic N) is 2. The number of methoxy groups -OCH3 is 1. The molecular formula is C20H17N3O2S. The van der Waals surface area contributed by atoms with Crippen molar-refractivity contribution >= 4 is 27.9 Å². The third-order valence-electron chi connectivity index (χ3n) is 4.08. The van der Waals surface area contributed by atoms with Crippen LogP contribution in [0, 0.1) is 6.92 Å². The SMILES string of the molecule is COc1cccc(-c2cn3c(C(=O)Nc4cccc(C)c4)csc3n2)c1. The van der Waals surface area contributed by atoms with E-state index in [1.54, 1.807) is 7.11 Å². The molecule has 0 bridgehead atoms. The number of benzene rings is 2. The Morgan fingerprint density at radius 3 is 2.85 bits per heavy atom. The molecule has 0 spiro atoms. The molecule has 1 N–H and O–H groups in total. The van der Waals surface area contributed by atoms with Crippen LogP contribution in [0.1, 0.15) is 16.1 Å². The van der Waals surface area contributed by atoms with Crippen molar-refractivity contribution in [2.75, 3.05) is 12.4 Å². The molecule has 130 valence electrons. The Morgan fingerprint density at radius 2 is 2.04 bits per heavy atom. The Balaban J connectivity index is 1.66. The van der Waals surface area contributed by atoms with E-state index in [9.17, 15) is 4.79 Å². The summed E-state index contributed by atoms with van der Waals surface area (Å²) in [5.74, 6) is 0.618. The van der Waals surface area contributed by atoms with Crippen molar-refractivity contribution in [3.05, 3.63) is 71.4 Å². The van der Waals surface area contributed by atoms with Crippen LogP contribution in [0.2, 0.25) is 0 Å². The van der Waals surface area contributed by atoms with Gasteiger partial charge in [0.25, 0.3) is 5.91 Å². The van der Waals surface area contributed by atoms with Crippen molar-refractivity contribution in [1.82, 2.24) is 9.38 Å². The number of carbonyl (C=O) groups is 1. The van der Waals surface area contributed by atoms with E-state index in [1.165, 1.54) is 11.3 Å². The molecule has 5 nitrogen and oxygen atoms in total. The maximum Gasteiger partial charge on any atom is 0.273 e. The summed E-state index contributed by atoms with van der Waals surface area (Å²) in [6.07, 6.45) is 1.88. The number of aromatic nitrogens is 2. The fourth-order valence-electron chi connectivity index (χ4n) is 2.79. The fraction of sp³-hybridized carbons (Fsp3) is 0.100. The summed E-state index contributed by atoms with van der Waals surface area (Å²) < 4.78 is 7.10. The molecule has 1 amide bonds. The molecule has 26 heavy (non-hydrogen) atoms. The molecule has 0 aliphatic carbocycles. The largest absolute Gasteiger partial charge is 0.497 e. The van der Waals surface area contributed by atoms with E-state index < -0.39 is 0 Å². The van der Waals surface area contributed by atoms with Gasteiger partial charge in [0.15, 0.2) is 4.96 Å². The first-order valence-electron chi connectivity index (χ1n) is 8.13. The average Bonchev–Trinajstić information content (AvgIpc) is 3.22. The Kier molecular flexibility index (Phi) is 4.18. The summed E-state index contributed by atoms with van der Waals surface area (Å²) in [7, 11) is 1.64. The van der Waals surface area contributed by atoms with E-state index in [0.29, 0.717) is 5.69 Å². The maximum absolute atomic E-state index is 12.7. The smallest absolute Gasteiger partial charge is 0.273 e. The minimum Gasteiger partial charge on any atom is -0.497 e. The topological polar surface area (TPSA) is 55.6 Å². The zero-order chi connectivity index (χ0) is 18.1. The molecule has 0 saturated carbocycles. The highest BCUT2D eigenvalue weighted by Gasteiger charge is 2.15. The minimum absolute atomic E-state index is 0.156. The second-order valence-corrected chi connectivity index (χ2v) is 6.79. The lowest BCUT2D eigenvalue weighted by molar-refractivity contribution is 0.102. The van der Waals surface area contributed by atoms with Crippen molar-refractivity contribution < 1.29 is 9.53 Å². The molecule has 0 saturated heterocycles. The number of anilines is 1. The zero-order valence-electron chi connectivity index (χ0n) is 14.4. The van der Waals surface area contributed by atoms with Crippen LogP contribution < -0.4 is 10.1 Å². The number of imidazole rings is 1. The number of fused-ring (bicyclic) bond motifs is 1. The van der Waals surface area contributed by atoms with Crippen molar-refractivity contribution in [2.45, 2.75) is 6.92 Å². The highest BCUT2D eigenvalue weighted by atomic mass is 32.1. The molecule has 0 aliphatic rings. The highest BCUT2D eigenvalue weighted by molar-refractivity contribution is 7.15. The highest BCUT2D eigenvalue weighted by Crippen LogP contribution is 2.26. The van der Waals surface area contributed by atoms with Crippen molar-refractivity contribution in [1.29, 1.82) is 0 Å². The fourth-order valence-corrected chi connectivity index (χ4v) is 3.64. The van der Waals surface area contributed by atoms with Gasteiger partial charge in [-0.1, -0.05) is 24.3 Å². The Morgan fingerprint density at radius 1 is 1.19 bits per heavy atom. The summed E-state index contributed by atoms with van der Waals surface area (Å²) in [6, 6.07) is 15.5. The number of hydrogen-bond donors (Lipinski definition) is 1. The van der Waals surface area contributed by atoms with Gasteiger partial charge in [-0.3, -0.25) is 9.20 Å². The van der Waals surface area contributed by atoms with Gasteiger partial charge in [0.05, 0.1) is 12.8 Å². The van der Waals surface area contributed by atoms with Gasteiger partial charge in [-0.25, -0.2) is 4.98 Å². The Hall–Kier alpha value is -3.12. The van der Waals surface area contributed by atoms with Gasteiger partial charge in [0.2, 0.25) is 0 Å². The lowest BCUT2D eigenvalue weighted by Gasteiger charge is -2.05. The van der Waals surface area contributed by atoms with Crippen LogP contribution in [0.5, 0.6) is 5.75 Å². The summed E-state index contributed by atoms with van der Waals surface area (Å²) >= 11 is 1.44. The third-order valence-corrected chi connectivity index (χ3v) is 4.92. The van der Waals surface area contributed by atoms with Crippen LogP contribution in [-0.2, 0) is 0 Å². The van der Waals surface area contributed by atoms with Crippen LogP contribution in [0.15, 0.2) is 60.1 Å². The van der Waals surface area contributed by atoms with Gasteiger partial charge in [-0.2, -0.15) is 0 Å². The first kappa shape index (κ1) is 16.4. The normalized spacial score (nSPS) is 10.8. The monoisotopic (exact) mass is 363 g/mol. The van der Waals surface area contributed by atoms with E-state index in [2.05, 4.69) is 10.3 Å². The lowest BCUT2D eigenvalue weighted by atomic mass is 10.1. The van der Waals surface area contributed by atoms with Crippen molar-refractivity contribution in [3.63, 3.8) is 0 Å². The number of nitrogens with one attached hydrogen (secondary N) is 1. The molecule has 4 rings (SSSR count). The first-order valence-corrected chi connectivity index (χ1v) is 9.01. The number of carbonyl (C=O) groups excluding carboxylic acids is 1.